The number of aliphatic hydroxyl groups is 1. The minimum atomic E-state index is -4.45. The number of pyridine rings is 1. The van der Waals surface area contributed by atoms with Gasteiger partial charge in [-0.15, -0.1) is 0 Å². The molecule has 1 saturated carbocycles. The summed E-state index contributed by atoms with van der Waals surface area (Å²) in [7, 11) is 0. The average Bonchev–Trinajstić information content (AvgIpc) is 3.77. The Balaban J connectivity index is 0.978. The fraction of sp³-hybridized carbons (Fsp3) is 0.467. The topological polar surface area (TPSA) is 101 Å². The molecule has 11 heteroatoms. The van der Waals surface area contributed by atoms with Crippen LogP contribution in [0.5, 0.6) is 0 Å². The van der Waals surface area contributed by atoms with Gasteiger partial charge in [-0.2, -0.15) is 13.2 Å². The first-order valence-corrected chi connectivity index (χ1v) is 14.0. The van der Waals surface area contributed by atoms with Crippen LogP contribution in [0.2, 0.25) is 0 Å². The van der Waals surface area contributed by atoms with Crippen LogP contribution in [0, 0.1) is 11.8 Å². The van der Waals surface area contributed by atoms with Gasteiger partial charge < -0.3 is 19.3 Å². The molecule has 0 spiro atoms. The van der Waals surface area contributed by atoms with E-state index in [1.165, 1.54) is 12.3 Å². The highest BCUT2D eigenvalue weighted by atomic mass is 19.4. The number of likely N-dealkylation sites (tertiary alicyclic amines) is 1. The molecule has 2 atom stereocenters. The Kier molecular flexibility index (Phi) is 7.31. The van der Waals surface area contributed by atoms with Crippen LogP contribution in [0.3, 0.4) is 0 Å². The molecule has 3 aromatic rings. The van der Waals surface area contributed by atoms with Crippen LogP contribution >= 0.6 is 0 Å². The van der Waals surface area contributed by atoms with Gasteiger partial charge in [-0.25, -0.2) is 4.98 Å². The molecule has 6 rings (SSSR count). The van der Waals surface area contributed by atoms with Crippen LogP contribution in [-0.4, -0.2) is 50.8 Å². The maximum Gasteiger partial charge on any atom is 0.416 e. The Morgan fingerprint density at radius 3 is 2.61 bits per heavy atom. The number of benzene rings is 1. The largest absolute Gasteiger partial charge is 0.444 e. The van der Waals surface area contributed by atoms with Crippen molar-refractivity contribution < 1.29 is 32.3 Å². The first-order valence-electron chi connectivity index (χ1n) is 14.0. The summed E-state index contributed by atoms with van der Waals surface area (Å²) in [5, 5.41) is 15.2. The first-order chi connectivity index (χ1) is 19.7. The van der Waals surface area contributed by atoms with E-state index in [9.17, 15) is 23.1 Å². The smallest absolute Gasteiger partial charge is 0.416 e. The molecule has 2 aliphatic heterocycles. The number of nitrogens with zero attached hydrogens (tertiary/aromatic N) is 4. The Bertz CT molecular complexity index is 1400. The summed E-state index contributed by atoms with van der Waals surface area (Å²) < 4.78 is 44.6. The predicted molar refractivity (Wildman–Crippen MR) is 142 cm³/mol. The summed E-state index contributed by atoms with van der Waals surface area (Å²) in [4.78, 5) is 28.9. The van der Waals surface area contributed by atoms with Crippen LogP contribution in [0.1, 0.15) is 61.8 Å². The lowest BCUT2D eigenvalue weighted by atomic mass is 9.74. The monoisotopic (exact) mass is 568 g/mol. The molecule has 2 aromatic heterocycles. The fourth-order valence-corrected chi connectivity index (χ4v) is 6.26. The molecular weight excluding hydrogens is 537 g/mol. The van der Waals surface area contributed by atoms with Gasteiger partial charge in [0.25, 0.3) is 5.91 Å². The third kappa shape index (κ3) is 5.86. The van der Waals surface area contributed by atoms with Gasteiger partial charge in [0.2, 0.25) is 12.0 Å². The number of oxazole rings is 1. The minimum absolute atomic E-state index is 0.148. The van der Waals surface area contributed by atoms with Gasteiger partial charge in [-0.3, -0.25) is 9.78 Å². The molecule has 2 fully saturated rings. The fourth-order valence-electron chi connectivity index (χ4n) is 6.26. The van der Waals surface area contributed by atoms with Crippen molar-refractivity contribution >= 4 is 11.6 Å². The van der Waals surface area contributed by atoms with Crippen molar-refractivity contribution in [1.29, 1.82) is 0 Å². The molecule has 2 unspecified atom stereocenters. The van der Waals surface area contributed by atoms with Gasteiger partial charge in [0.1, 0.15) is 11.9 Å². The molecule has 3 aliphatic rings. The van der Waals surface area contributed by atoms with Gasteiger partial charge >= 0.3 is 6.18 Å². The van der Waals surface area contributed by atoms with E-state index in [2.05, 4.69) is 15.1 Å². The maximum absolute atomic E-state index is 13.1. The van der Waals surface area contributed by atoms with Crippen molar-refractivity contribution in [1.82, 2.24) is 14.9 Å². The number of oxime groups is 1. The average molecular weight is 569 g/mol. The van der Waals surface area contributed by atoms with E-state index in [-0.39, 0.29) is 12.3 Å². The van der Waals surface area contributed by atoms with Crippen LogP contribution in [0.25, 0.3) is 11.5 Å². The molecule has 1 saturated heterocycles. The molecular formula is C30H31F3N4O4. The Morgan fingerprint density at radius 2 is 1.90 bits per heavy atom. The first kappa shape index (κ1) is 27.4. The molecule has 1 aromatic carbocycles. The molecule has 0 radical (unpaired) electrons. The highest BCUT2D eigenvalue weighted by Gasteiger charge is 2.40. The van der Waals surface area contributed by atoms with Gasteiger partial charge in [0.05, 0.1) is 28.7 Å². The van der Waals surface area contributed by atoms with E-state index >= 15 is 0 Å². The van der Waals surface area contributed by atoms with Crippen molar-refractivity contribution in [2.24, 2.45) is 17.0 Å². The molecule has 4 heterocycles. The number of halogens is 3. The quantitative estimate of drug-likeness (QED) is 0.418. The van der Waals surface area contributed by atoms with Crippen molar-refractivity contribution in [3.63, 3.8) is 0 Å². The number of alkyl halides is 3. The summed E-state index contributed by atoms with van der Waals surface area (Å²) >= 11 is 0. The second kappa shape index (κ2) is 10.9. The number of hydrogen-bond donors (Lipinski definition) is 1. The zero-order valence-electron chi connectivity index (χ0n) is 22.4. The number of hydrogen-bond acceptors (Lipinski definition) is 7. The van der Waals surface area contributed by atoms with Gasteiger partial charge in [-0.1, -0.05) is 17.3 Å². The number of rotatable bonds is 6. The van der Waals surface area contributed by atoms with E-state index in [0.29, 0.717) is 60.6 Å². The predicted octanol–water partition coefficient (Wildman–Crippen LogP) is 5.57. The van der Waals surface area contributed by atoms with Gasteiger partial charge in [0.15, 0.2) is 0 Å². The highest BCUT2D eigenvalue weighted by Crippen LogP contribution is 2.42. The molecule has 8 nitrogen and oxygen atoms in total. The zero-order chi connectivity index (χ0) is 28.6. The minimum Gasteiger partial charge on any atom is -0.444 e. The summed E-state index contributed by atoms with van der Waals surface area (Å²) in [6, 6.07) is 8.63. The molecule has 216 valence electrons. The van der Waals surface area contributed by atoms with Gasteiger partial charge in [0, 0.05) is 31.3 Å². The van der Waals surface area contributed by atoms with Crippen molar-refractivity contribution in [3.8, 4) is 11.5 Å². The highest BCUT2D eigenvalue weighted by molar-refractivity contribution is 6.04. The number of carbonyl (C=O) groups excluding carboxylic acids is 1. The molecule has 0 bridgehead atoms. The van der Waals surface area contributed by atoms with E-state index < -0.39 is 23.4 Å². The zero-order valence-corrected chi connectivity index (χ0v) is 22.4. The lowest BCUT2D eigenvalue weighted by Gasteiger charge is -2.36. The SMILES string of the molecule is O=C(C1CC(c2cccc(C(F)(F)F)c2)=NO1)N1CCC(CC2CCC(O)(c3ccc(-c4ncco4)cn3)CC2)C1. The number of aromatic nitrogens is 2. The van der Waals surface area contributed by atoms with E-state index in [4.69, 9.17) is 9.25 Å². The summed E-state index contributed by atoms with van der Waals surface area (Å²) in [6.45, 7) is 1.25. The van der Waals surface area contributed by atoms with E-state index in [1.807, 2.05) is 12.1 Å². The van der Waals surface area contributed by atoms with E-state index in [1.54, 1.807) is 23.4 Å². The lowest BCUT2D eigenvalue weighted by Crippen LogP contribution is -2.38. The second-order valence-corrected chi connectivity index (χ2v) is 11.3. The summed E-state index contributed by atoms with van der Waals surface area (Å²) in [5.74, 6) is 1.14. The van der Waals surface area contributed by atoms with Crippen LogP contribution in [0.15, 0.2) is 64.6 Å². The third-order valence-corrected chi connectivity index (χ3v) is 8.58. The molecule has 1 aliphatic carbocycles. The number of carbonyl (C=O) groups is 1. The van der Waals surface area contributed by atoms with Crippen LogP contribution in [0.4, 0.5) is 13.2 Å². The Labute approximate surface area is 235 Å². The standard InChI is InChI=1S/C30H31F3N4O4/c31-30(32,33)23-3-1-2-21(15-23)24-16-25(41-36-24)28(38)37-12-8-20(18-37)14-19-6-9-29(39,10-7-19)26-5-4-22(17-35-26)27-34-11-13-40-27/h1-5,11,13,15,17,19-20,25,39H,6-10,12,14,16,18H2. The van der Waals surface area contributed by atoms with Gasteiger partial charge in [-0.05, 0) is 74.6 Å². The normalized spacial score (nSPS) is 26.6. The summed E-state index contributed by atoms with van der Waals surface area (Å²) in [6.07, 6.45) is 4.54. The number of amides is 1. The van der Waals surface area contributed by atoms with Crippen molar-refractivity contribution in [2.75, 3.05) is 13.1 Å². The Hall–Kier alpha value is -3.73. The van der Waals surface area contributed by atoms with Crippen LogP contribution < -0.4 is 0 Å². The van der Waals surface area contributed by atoms with Crippen molar-refractivity contribution in [2.45, 2.75) is 62.8 Å². The third-order valence-electron chi connectivity index (χ3n) is 8.58. The van der Waals surface area contributed by atoms with E-state index in [0.717, 1.165) is 43.4 Å². The molecule has 41 heavy (non-hydrogen) atoms. The lowest BCUT2D eigenvalue weighted by molar-refractivity contribution is -0.141. The second-order valence-electron chi connectivity index (χ2n) is 11.3. The van der Waals surface area contributed by atoms with Crippen molar-refractivity contribution in [3.05, 3.63) is 71.9 Å². The molecule has 1 amide bonds. The summed E-state index contributed by atoms with van der Waals surface area (Å²) in [5.41, 5.74) is 0.368. The molecule has 1 N–H and O–H groups in total. The maximum atomic E-state index is 13.1. The van der Waals surface area contributed by atoms with Crippen LogP contribution in [-0.2, 0) is 21.4 Å². The Morgan fingerprint density at radius 1 is 1.07 bits per heavy atom.